The van der Waals surface area contributed by atoms with E-state index < -0.39 is 11.7 Å². The molecule has 0 heterocycles. The standard InChI is InChI=1S/C15H15FN2O2/c1-9-2-5-14(19)10(6-9)8-18-11-3-4-13(16)12(7-11)15(17)20/h2-7,18-19H,8H2,1H3,(H2,17,20). The van der Waals surface area contributed by atoms with Crippen LogP contribution in [0, 0.1) is 12.7 Å². The van der Waals surface area contributed by atoms with Gasteiger partial charge in [0.05, 0.1) is 5.56 Å². The molecule has 104 valence electrons. The summed E-state index contributed by atoms with van der Waals surface area (Å²) in [5.41, 5.74) is 7.22. The number of aromatic hydroxyl groups is 1. The number of halogens is 1. The minimum atomic E-state index is -0.815. The number of nitrogens with two attached hydrogens (primary N) is 1. The third-order valence-electron chi connectivity index (χ3n) is 2.95. The van der Waals surface area contributed by atoms with Crippen molar-refractivity contribution < 1.29 is 14.3 Å². The van der Waals surface area contributed by atoms with Crippen molar-refractivity contribution in [3.8, 4) is 5.75 Å². The van der Waals surface area contributed by atoms with Crippen LogP contribution in [0.1, 0.15) is 21.5 Å². The predicted molar refractivity (Wildman–Crippen MR) is 75.1 cm³/mol. The molecule has 0 aliphatic rings. The number of carbonyl (C=O) groups excluding carboxylic acids is 1. The first kappa shape index (κ1) is 13.9. The van der Waals surface area contributed by atoms with Crippen LogP contribution in [0.5, 0.6) is 5.75 Å². The smallest absolute Gasteiger partial charge is 0.251 e. The normalized spacial score (nSPS) is 10.3. The summed E-state index contributed by atoms with van der Waals surface area (Å²) in [6, 6.07) is 9.31. The Morgan fingerprint density at radius 3 is 2.75 bits per heavy atom. The fourth-order valence-corrected chi connectivity index (χ4v) is 1.88. The second kappa shape index (κ2) is 5.61. The molecule has 0 aliphatic carbocycles. The molecular formula is C15H15FN2O2. The monoisotopic (exact) mass is 274 g/mol. The van der Waals surface area contributed by atoms with Crippen molar-refractivity contribution in [2.75, 3.05) is 5.32 Å². The van der Waals surface area contributed by atoms with Crippen molar-refractivity contribution in [1.29, 1.82) is 0 Å². The molecule has 1 amide bonds. The van der Waals surface area contributed by atoms with Crippen LogP contribution < -0.4 is 11.1 Å². The van der Waals surface area contributed by atoms with Gasteiger partial charge >= 0.3 is 0 Å². The largest absolute Gasteiger partial charge is 0.508 e. The van der Waals surface area contributed by atoms with Gasteiger partial charge < -0.3 is 16.2 Å². The fraction of sp³-hybridized carbons (Fsp3) is 0.133. The van der Waals surface area contributed by atoms with Crippen molar-refractivity contribution in [2.24, 2.45) is 5.73 Å². The lowest BCUT2D eigenvalue weighted by Gasteiger charge is -2.10. The second-order valence-electron chi connectivity index (χ2n) is 4.54. The van der Waals surface area contributed by atoms with Crippen molar-refractivity contribution in [1.82, 2.24) is 0 Å². The maximum absolute atomic E-state index is 13.3. The van der Waals surface area contributed by atoms with E-state index in [2.05, 4.69) is 5.32 Å². The summed E-state index contributed by atoms with van der Waals surface area (Å²) in [5.74, 6) is -1.29. The number of nitrogens with one attached hydrogen (secondary N) is 1. The van der Waals surface area contributed by atoms with Gasteiger partial charge in [0.25, 0.3) is 5.91 Å². The lowest BCUT2D eigenvalue weighted by molar-refractivity contribution is 0.0996. The SMILES string of the molecule is Cc1ccc(O)c(CNc2ccc(F)c(C(N)=O)c2)c1. The lowest BCUT2D eigenvalue weighted by Crippen LogP contribution is -2.13. The van der Waals surface area contributed by atoms with Gasteiger partial charge in [-0.3, -0.25) is 4.79 Å². The molecule has 0 saturated carbocycles. The number of anilines is 1. The van der Waals surface area contributed by atoms with Gasteiger partial charge in [-0.1, -0.05) is 17.7 Å². The van der Waals surface area contributed by atoms with Crippen molar-refractivity contribution >= 4 is 11.6 Å². The molecule has 0 saturated heterocycles. The van der Waals surface area contributed by atoms with Crippen LogP contribution in [0.25, 0.3) is 0 Å². The number of phenols is 1. The average molecular weight is 274 g/mol. The molecule has 0 fully saturated rings. The van der Waals surface area contributed by atoms with E-state index in [1.807, 2.05) is 19.1 Å². The van der Waals surface area contributed by atoms with Crippen LogP contribution >= 0.6 is 0 Å². The van der Waals surface area contributed by atoms with Gasteiger partial charge in [-0.15, -0.1) is 0 Å². The highest BCUT2D eigenvalue weighted by atomic mass is 19.1. The van der Waals surface area contributed by atoms with Crippen LogP contribution in [0.15, 0.2) is 36.4 Å². The summed E-state index contributed by atoms with van der Waals surface area (Å²) < 4.78 is 13.3. The highest BCUT2D eigenvalue weighted by molar-refractivity contribution is 5.94. The molecular weight excluding hydrogens is 259 g/mol. The summed E-state index contributed by atoms with van der Waals surface area (Å²) in [4.78, 5) is 11.1. The maximum atomic E-state index is 13.3. The van der Waals surface area contributed by atoms with Crippen LogP contribution in [-0.4, -0.2) is 11.0 Å². The number of hydrogen-bond acceptors (Lipinski definition) is 3. The topological polar surface area (TPSA) is 75.3 Å². The van der Waals surface area contributed by atoms with Crippen LogP contribution in [-0.2, 0) is 6.54 Å². The number of amides is 1. The highest BCUT2D eigenvalue weighted by Crippen LogP contribution is 2.20. The minimum Gasteiger partial charge on any atom is -0.508 e. The van der Waals surface area contributed by atoms with E-state index in [4.69, 9.17) is 5.73 Å². The number of benzene rings is 2. The number of rotatable bonds is 4. The molecule has 4 nitrogen and oxygen atoms in total. The Morgan fingerprint density at radius 1 is 1.30 bits per heavy atom. The highest BCUT2D eigenvalue weighted by Gasteiger charge is 2.09. The quantitative estimate of drug-likeness (QED) is 0.802. The number of phenolic OH excluding ortho intramolecular Hbond substituents is 1. The predicted octanol–water partition coefficient (Wildman–Crippen LogP) is 2.55. The van der Waals surface area contributed by atoms with Gasteiger partial charge in [0.15, 0.2) is 0 Å². The van der Waals surface area contributed by atoms with Gasteiger partial charge in [-0.2, -0.15) is 0 Å². The molecule has 2 aromatic carbocycles. The lowest BCUT2D eigenvalue weighted by atomic mass is 10.1. The first-order valence-corrected chi connectivity index (χ1v) is 6.09. The first-order chi connectivity index (χ1) is 9.47. The molecule has 0 unspecified atom stereocenters. The van der Waals surface area contributed by atoms with Gasteiger partial charge in [-0.05, 0) is 31.2 Å². The molecule has 0 bridgehead atoms. The zero-order valence-corrected chi connectivity index (χ0v) is 11.0. The Bertz CT molecular complexity index is 656. The van der Waals surface area contributed by atoms with Crippen LogP contribution in [0.4, 0.5) is 10.1 Å². The molecule has 0 spiro atoms. The van der Waals surface area contributed by atoms with Crippen molar-refractivity contribution in [3.63, 3.8) is 0 Å². The van der Waals surface area contributed by atoms with E-state index in [0.717, 1.165) is 11.1 Å². The third-order valence-corrected chi connectivity index (χ3v) is 2.95. The Morgan fingerprint density at radius 2 is 2.05 bits per heavy atom. The Hall–Kier alpha value is -2.56. The number of aryl methyl sites for hydroxylation is 1. The summed E-state index contributed by atoms with van der Waals surface area (Å²) >= 11 is 0. The average Bonchev–Trinajstić information content (AvgIpc) is 2.41. The van der Waals surface area contributed by atoms with Crippen LogP contribution in [0.2, 0.25) is 0 Å². The second-order valence-corrected chi connectivity index (χ2v) is 4.54. The van der Waals surface area contributed by atoms with E-state index in [9.17, 15) is 14.3 Å². The summed E-state index contributed by atoms with van der Waals surface area (Å²) in [6.07, 6.45) is 0. The number of hydrogen-bond donors (Lipinski definition) is 3. The Kier molecular flexibility index (Phi) is 3.89. The van der Waals surface area contributed by atoms with Crippen molar-refractivity contribution in [3.05, 3.63) is 58.9 Å². The minimum absolute atomic E-state index is 0.163. The number of primary amides is 1. The van der Waals surface area contributed by atoms with E-state index >= 15 is 0 Å². The molecule has 0 atom stereocenters. The fourth-order valence-electron chi connectivity index (χ4n) is 1.88. The van der Waals surface area contributed by atoms with Crippen molar-refractivity contribution in [2.45, 2.75) is 13.5 Å². The van der Waals surface area contributed by atoms with Gasteiger partial charge in [0.1, 0.15) is 11.6 Å². The van der Waals surface area contributed by atoms with Gasteiger partial charge in [0.2, 0.25) is 0 Å². The zero-order valence-electron chi connectivity index (χ0n) is 11.0. The van der Waals surface area contributed by atoms with E-state index in [1.165, 1.54) is 18.2 Å². The molecule has 5 heteroatoms. The molecule has 0 aliphatic heterocycles. The zero-order chi connectivity index (χ0) is 14.7. The molecule has 0 radical (unpaired) electrons. The van der Waals surface area contributed by atoms with Gasteiger partial charge in [0, 0.05) is 17.8 Å². The van der Waals surface area contributed by atoms with E-state index in [1.54, 1.807) is 6.07 Å². The summed E-state index contributed by atoms with van der Waals surface area (Å²) in [6.45, 7) is 2.28. The summed E-state index contributed by atoms with van der Waals surface area (Å²) in [5, 5.41) is 12.7. The third kappa shape index (κ3) is 3.06. The molecule has 0 aromatic heterocycles. The molecule has 2 aromatic rings. The molecule has 4 N–H and O–H groups in total. The van der Waals surface area contributed by atoms with Crippen LogP contribution in [0.3, 0.4) is 0 Å². The van der Waals surface area contributed by atoms with Gasteiger partial charge in [-0.25, -0.2) is 4.39 Å². The van der Waals surface area contributed by atoms with E-state index in [0.29, 0.717) is 12.2 Å². The number of carbonyl (C=O) groups is 1. The summed E-state index contributed by atoms with van der Waals surface area (Å²) in [7, 11) is 0. The molecule has 2 rings (SSSR count). The first-order valence-electron chi connectivity index (χ1n) is 6.09. The Balaban J connectivity index is 2.17. The maximum Gasteiger partial charge on any atom is 0.251 e. The van der Waals surface area contributed by atoms with E-state index in [-0.39, 0.29) is 11.3 Å². The Labute approximate surface area is 116 Å². The molecule has 20 heavy (non-hydrogen) atoms.